The topological polar surface area (TPSA) is 34.2 Å². The van der Waals surface area contributed by atoms with Gasteiger partial charge in [0.1, 0.15) is 41.1 Å². The number of halogens is 2. The summed E-state index contributed by atoms with van der Waals surface area (Å²) < 4.78 is 50.9. The minimum absolute atomic E-state index is 0.0343. The lowest BCUT2D eigenvalue weighted by molar-refractivity contribution is 0.143. The van der Waals surface area contributed by atoms with Crippen molar-refractivity contribution >= 4 is 23.0 Å². The third-order valence-corrected chi connectivity index (χ3v) is 27.2. The molecule has 12 atom stereocenters. The molecule has 0 amide bonds. The van der Waals surface area contributed by atoms with E-state index in [1.807, 2.05) is 48.6 Å². The summed E-state index contributed by atoms with van der Waals surface area (Å²) in [6.07, 6.45) is 65.7. The molecule has 0 bridgehead atoms. The third-order valence-electron chi connectivity index (χ3n) is 27.2. The van der Waals surface area contributed by atoms with Gasteiger partial charge < -0.3 is 24.0 Å². The highest BCUT2D eigenvalue weighted by Gasteiger charge is 2.59. The van der Waals surface area contributed by atoms with E-state index in [1.165, 1.54) is 66.8 Å². The number of rotatable bonds is 18. The SMILES string of the molecule is C=CC1=CC=C(OC2C=CC(C3(C4CC(C)C=CC4C)c4ccccc4C4C=CC(c5cccc(N(C6=CC=C(F)CC6)c6ccc7c(c6)C6C=C(N(C8=CCCC(C9=CC%10C(CC9)C9=C(CCC=C9)C%10(c9ccc(Oc%10ccc(C=C)cc%10)cc9)c9cc(C)ccc9C)=C8)C8=CC=C(F)CC8)C=CC6O7)c5)=CC43)=CC2)CC1. The van der Waals surface area contributed by atoms with E-state index in [0.29, 0.717) is 49.4 Å². The van der Waals surface area contributed by atoms with Gasteiger partial charge in [-0.2, -0.15) is 0 Å². The number of benzene rings is 6. The van der Waals surface area contributed by atoms with E-state index >= 15 is 8.78 Å². The lowest BCUT2D eigenvalue weighted by atomic mass is 9.53. The van der Waals surface area contributed by atoms with Crippen molar-refractivity contribution in [3.05, 3.63) is 410 Å². The molecule has 0 aromatic heterocycles. The highest BCUT2D eigenvalue weighted by atomic mass is 19.1. The Morgan fingerprint density at radius 2 is 1.39 bits per heavy atom. The molecular formula is C106H100F2N2O3. The maximum absolute atomic E-state index is 15.4. The van der Waals surface area contributed by atoms with Crippen molar-refractivity contribution in [1.29, 1.82) is 0 Å². The third kappa shape index (κ3) is 12.9. The Labute approximate surface area is 667 Å². The van der Waals surface area contributed by atoms with Gasteiger partial charge in [-0.15, -0.1) is 0 Å². The molecule has 12 unspecified atom stereocenters. The quantitative estimate of drug-likeness (QED) is 0.0801. The second kappa shape index (κ2) is 29.8. The normalized spacial score (nSPS) is 28.2. The van der Waals surface area contributed by atoms with Gasteiger partial charge in [-0.1, -0.05) is 202 Å². The average molecular weight is 1490 g/mol. The monoisotopic (exact) mass is 1490 g/mol. The fraction of sp³-hybridized carbons (Fsp3) is 0.283. The Hall–Kier alpha value is -11.0. The lowest BCUT2D eigenvalue weighted by Crippen LogP contribution is -2.46. The summed E-state index contributed by atoms with van der Waals surface area (Å²) in [6.45, 7) is 17.4. The van der Waals surface area contributed by atoms with Crippen LogP contribution in [0.15, 0.2) is 360 Å². The summed E-state index contributed by atoms with van der Waals surface area (Å²) in [5.41, 5.74) is 26.7. The molecular weight excluding hydrogens is 1390 g/mol. The summed E-state index contributed by atoms with van der Waals surface area (Å²) in [6, 6.07) is 49.3. The standard InChI is InChI=1S/C106H100F2N2O3/c1-7-71-27-47-87(48-28-71)111-89-51-33-77(34-52-89)105(99-59-67(3)23-25-69(99)5)97-21-11-9-19-91(97)93-55-31-75(63-101(93)105)73-15-13-17-83(61-73)109(81-41-37-79(107)38-42-81)85-45-57-103-95(65-85)96-66-86(46-58-104(96)113-103)110(82-43-39-80(108)40-44-82)84-18-14-16-74(62-84)76-32-56-94-92-20-10-12-22-98(92)106(102(94)64-76,100-60-68(4)24-26-70(100)6)78-35-53-90(54-36-78)112-88-49-29-72(8-2)30-50-88/h7-11,13,15,17-21,23-27,29-31,33-37,39,41,43,45-47,49-51,53-55,57-58,60-67,69,89,93-94,96,99,101-102,104H,1-2,12,14,16,22,28,32,38,40,42,44,48,52,56,59H2,3-6H3. The Balaban J connectivity index is 0.657. The molecule has 5 nitrogen and oxygen atoms in total. The number of nitrogens with zero attached hydrogens (tertiary/aromatic N) is 2. The molecule has 0 saturated heterocycles. The highest BCUT2D eigenvalue weighted by Crippen LogP contribution is 2.66. The molecule has 0 radical (unpaired) electrons. The Morgan fingerprint density at radius 3 is 2.16 bits per heavy atom. The molecule has 12 aliphatic carbocycles. The van der Waals surface area contributed by atoms with Gasteiger partial charge in [0.05, 0.1) is 5.76 Å². The van der Waals surface area contributed by atoms with Crippen LogP contribution in [0.3, 0.4) is 0 Å². The van der Waals surface area contributed by atoms with E-state index in [4.69, 9.17) is 14.2 Å². The predicted molar refractivity (Wildman–Crippen MR) is 458 cm³/mol. The Kier molecular flexibility index (Phi) is 19.1. The van der Waals surface area contributed by atoms with E-state index in [9.17, 15) is 0 Å². The van der Waals surface area contributed by atoms with Crippen molar-refractivity contribution in [2.24, 2.45) is 35.5 Å². The summed E-state index contributed by atoms with van der Waals surface area (Å²) in [5.74, 6) is 5.19. The van der Waals surface area contributed by atoms with Gasteiger partial charge in [-0.25, -0.2) is 8.78 Å². The van der Waals surface area contributed by atoms with Crippen LogP contribution in [0, 0.1) is 49.4 Å². The predicted octanol–water partition coefficient (Wildman–Crippen LogP) is 27.3. The lowest BCUT2D eigenvalue weighted by Gasteiger charge is -2.50. The largest absolute Gasteiger partial charge is 0.490 e. The first-order chi connectivity index (χ1) is 55.3. The first-order valence-electron chi connectivity index (χ1n) is 41.7. The summed E-state index contributed by atoms with van der Waals surface area (Å²) >= 11 is 0. The zero-order valence-electron chi connectivity index (χ0n) is 65.5. The molecule has 6 aromatic carbocycles. The highest BCUT2D eigenvalue weighted by molar-refractivity contribution is 5.82. The maximum atomic E-state index is 15.4. The van der Waals surface area contributed by atoms with Crippen LogP contribution in [0.25, 0.3) is 11.6 Å². The summed E-state index contributed by atoms with van der Waals surface area (Å²) in [5, 5.41) is 0. The number of fused-ring (bicyclic) bond motifs is 8. The van der Waals surface area contributed by atoms with Gasteiger partial charge in [0.2, 0.25) is 0 Å². The molecule has 1 heterocycles. The second-order valence-electron chi connectivity index (χ2n) is 33.7. The number of allylic oxidation sites excluding steroid dienone is 31. The molecule has 6 aromatic rings. The van der Waals surface area contributed by atoms with Crippen LogP contribution in [-0.2, 0) is 15.6 Å². The molecule has 0 saturated carbocycles. The minimum atomic E-state index is -0.399. The van der Waals surface area contributed by atoms with Crippen molar-refractivity contribution in [3.8, 4) is 17.2 Å². The van der Waals surface area contributed by atoms with Crippen molar-refractivity contribution < 1.29 is 23.0 Å². The zero-order chi connectivity index (χ0) is 76.6. The van der Waals surface area contributed by atoms with Crippen molar-refractivity contribution in [2.75, 3.05) is 4.90 Å². The van der Waals surface area contributed by atoms with Gasteiger partial charge in [0.25, 0.3) is 0 Å². The van der Waals surface area contributed by atoms with Crippen LogP contribution in [0.1, 0.15) is 166 Å². The molecule has 113 heavy (non-hydrogen) atoms. The first-order valence-corrected chi connectivity index (χ1v) is 41.7. The van der Waals surface area contributed by atoms with E-state index in [2.05, 4.69) is 269 Å². The molecule has 566 valence electrons. The van der Waals surface area contributed by atoms with Crippen LogP contribution >= 0.6 is 0 Å². The zero-order valence-corrected chi connectivity index (χ0v) is 65.5. The molecule has 0 spiro atoms. The van der Waals surface area contributed by atoms with Crippen molar-refractivity contribution in [1.82, 2.24) is 4.90 Å². The smallest absolute Gasteiger partial charge is 0.128 e. The first kappa shape index (κ1) is 72.2. The molecule has 7 heteroatoms. The van der Waals surface area contributed by atoms with Crippen LogP contribution in [-0.4, -0.2) is 17.1 Å². The van der Waals surface area contributed by atoms with Gasteiger partial charge in [0, 0.05) is 99.9 Å². The maximum Gasteiger partial charge on any atom is 0.128 e. The van der Waals surface area contributed by atoms with Gasteiger partial charge >= 0.3 is 0 Å². The molecule has 13 aliphatic rings. The van der Waals surface area contributed by atoms with Crippen LogP contribution in [0.5, 0.6) is 17.2 Å². The number of anilines is 2. The summed E-state index contributed by atoms with van der Waals surface area (Å²) in [4.78, 5) is 4.78. The molecule has 0 fully saturated rings. The minimum Gasteiger partial charge on any atom is -0.490 e. The van der Waals surface area contributed by atoms with Gasteiger partial charge in [0.15, 0.2) is 0 Å². The fourth-order valence-corrected chi connectivity index (χ4v) is 21.9. The van der Waals surface area contributed by atoms with Crippen molar-refractivity contribution in [3.63, 3.8) is 0 Å². The summed E-state index contributed by atoms with van der Waals surface area (Å²) in [7, 11) is 0. The average Bonchev–Trinajstić information content (AvgIpc) is 1.54. The van der Waals surface area contributed by atoms with Gasteiger partial charge in [-0.05, 0) is 289 Å². The van der Waals surface area contributed by atoms with Crippen LogP contribution in [0.2, 0.25) is 0 Å². The van der Waals surface area contributed by atoms with E-state index in [1.54, 1.807) is 17.7 Å². The van der Waals surface area contributed by atoms with Crippen LogP contribution < -0.4 is 14.4 Å². The number of hydrogen-bond donors (Lipinski definition) is 0. The number of aryl methyl sites for hydroxylation is 2. The number of ether oxygens (including phenoxy) is 3. The van der Waals surface area contributed by atoms with Gasteiger partial charge in [-0.3, -0.25) is 0 Å². The molecule has 1 aliphatic heterocycles. The second-order valence-corrected chi connectivity index (χ2v) is 33.7. The van der Waals surface area contributed by atoms with E-state index in [-0.39, 0.29) is 52.9 Å². The molecule has 19 rings (SSSR count). The fourth-order valence-electron chi connectivity index (χ4n) is 21.9. The van der Waals surface area contributed by atoms with Crippen molar-refractivity contribution in [2.45, 2.75) is 152 Å². The van der Waals surface area contributed by atoms with Crippen LogP contribution in [0.4, 0.5) is 20.2 Å². The number of hydrogen-bond acceptors (Lipinski definition) is 5. The molecule has 0 N–H and O–H groups in total. The van der Waals surface area contributed by atoms with E-state index < -0.39 is 5.41 Å². The Morgan fingerprint density at radius 1 is 0.584 bits per heavy atom. The van der Waals surface area contributed by atoms with E-state index in [0.717, 1.165) is 138 Å². The Bertz CT molecular complexity index is 5520.